The molecule has 8 heteroatoms. The molecule has 7 nitrogen and oxygen atoms in total. The van der Waals surface area contributed by atoms with Gasteiger partial charge in [-0.05, 0) is 23.8 Å². The fraction of sp³-hybridized carbons (Fsp3) is 0.368. The number of anilines is 1. The molecule has 2 amide bonds. The van der Waals surface area contributed by atoms with E-state index in [1.54, 1.807) is 30.6 Å². The van der Waals surface area contributed by atoms with Crippen molar-refractivity contribution in [3.63, 3.8) is 0 Å². The SMILES string of the molecule is CC(=O)NC(CC(=O)N1CCN(c2ncccn2)CC1)c1ccc(Cl)cc1. The summed E-state index contributed by atoms with van der Waals surface area (Å²) < 4.78 is 0. The number of rotatable bonds is 5. The van der Waals surface area contributed by atoms with Crippen molar-refractivity contribution in [2.45, 2.75) is 19.4 Å². The predicted octanol–water partition coefficient (Wildman–Crippen LogP) is 2.05. The summed E-state index contributed by atoms with van der Waals surface area (Å²) in [6, 6.07) is 8.59. The summed E-state index contributed by atoms with van der Waals surface area (Å²) in [6.07, 6.45) is 3.64. The van der Waals surface area contributed by atoms with Crippen LogP contribution in [-0.4, -0.2) is 52.9 Å². The molecule has 1 aromatic heterocycles. The van der Waals surface area contributed by atoms with Gasteiger partial charge in [-0.1, -0.05) is 23.7 Å². The number of hydrogen-bond donors (Lipinski definition) is 1. The third-order valence-corrected chi connectivity index (χ3v) is 4.75. The Balaban J connectivity index is 1.61. The normalized spacial score (nSPS) is 15.3. The molecule has 1 aliphatic heterocycles. The van der Waals surface area contributed by atoms with Gasteiger partial charge in [-0.25, -0.2) is 9.97 Å². The van der Waals surface area contributed by atoms with Crippen LogP contribution in [0.25, 0.3) is 0 Å². The third kappa shape index (κ3) is 5.17. The van der Waals surface area contributed by atoms with Gasteiger partial charge in [0.05, 0.1) is 12.5 Å². The molecule has 2 aromatic rings. The average molecular weight is 388 g/mol. The summed E-state index contributed by atoms with van der Waals surface area (Å²) in [6.45, 7) is 4.02. The lowest BCUT2D eigenvalue weighted by Gasteiger charge is -2.35. The molecule has 0 aliphatic carbocycles. The Labute approximate surface area is 163 Å². The monoisotopic (exact) mass is 387 g/mol. The second-order valence-corrected chi connectivity index (χ2v) is 6.86. The van der Waals surface area contributed by atoms with Gasteiger partial charge in [-0.3, -0.25) is 9.59 Å². The molecule has 1 unspecified atom stereocenters. The van der Waals surface area contributed by atoms with E-state index in [2.05, 4.69) is 20.2 Å². The lowest BCUT2D eigenvalue weighted by Crippen LogP contribution is -2.50. The number of nitrogens with one attached hydrogen (secondary N) is 1. The molecule has 1 N–H and O–H groups in total. The minimum absolute atomic E-state index is 0.0114. The zero-order chi connectivity index (χ0) is 19.2. The van der Waals surface area contributed by atoms with Crippen molar-refractivity contribution < 1.29 is 9.59 Å². The first kappa shape index (κ1) is 19.1. The number of piperazine rings is 1. The summed E-state index contributed by atoms with van der Waals surface area (Å²) >= 11 is 5.94. The third-order valence-electron chi connectivity index (χ3n) is 4.50. The van der Waals surface area contributed by atoms with Crippen LogP contribution in [-0.2, 0) is 9.59 Å². The first-order chi connectivity index (χ1) is 13.0. The Morgan fingerprint density at radius 2 is 1.74 bits per heavy atom. The molecule has 2 heterocycles. The lowest BCUT2D eigenvalue weighted by atomic mass is 10.0. The molecule has 0 radical (unpaired) electrons. The minimum atomic E-state index is -0.372. The van der Waals surface area contributed by atoms with Crippen molar-refractivity contribution >= 4 is 29.4 Å². The van der Waals surface area contributed by atoms with Crippen LogP contribution >= 0.6 is 11.6 Å². The van der Waals surface area contributed by atoms with Crippen LogP contribution in [0.2, 0.25) is 5.02 Å². The van der Waals surface area contributed by atoms with Crippen LogP contribution in [0.1, 0.15) is 24.9 Å². The summed E-state index contributed by atoms with van der Waals surface area (Å²) in [4.78, 5) is 36.7. The average Bonchev–Trinajstić information content (AvgIpc) is 2.68. The second kappa shape index (κ2) is 8.81. The van der Waals surface area contributed by atoms with Crippen molar-refractivity contribution in [2.24, 2.45) is 0 Å². The number of aromatic nitrogens is 2. The van der Waals surface area contributed by atoms with Gasteiger partial charge in [0, 0.05) is 50.5 Å². The number of carbonyl (C=O) groups excluding carboxylic acids is 2. The van der Waals surface area contributed by atoms with Gasteiger partial charge >= 0.3 is 0 Å². The van der Waals surface area contributed by atoms with E-state index in [1.807, 2.05) is 17.0 Å². The Kier molecular flexibility index (Phi) is 6.24. The van der Waals surface area contributed by atoms with E-state index in [0.29, 0.717) is 37.1 Å². The molecule has 1 aromatic carbocycles. The summed E-state index contributed by atoms with van der Waals surface area (Å²) in [5, 5.41) is 3.48. The van der Waals surface area contributed by atoms with E-state index in [9.17, 15) is 9.59 Å². The highest BCUT2D eigenvalue weighted by Crippen LogP contribution is 2.21. The minimum Gasteiger partial charge on any atom is -0.349 e. The van der Waals surface area contributed by atoms with Crippen molar-refractivity contribution in [2.75, 3.05) is 31.1 Å². The molecule has 3 rings (SSSR count). The van der Waals surface area contributed by atoms with Gasteiger partial charge in [0.1, 0.15) is 0 Å². The summed E-state index contributed by atoms with van der Waals surface area (Å²) in [5.41, 5.74) is 0.860. The number of amides is 2. The molecule has 0 saturated carbocycles. The lowest BCUT2D eigenvalue weighted by molar-refractivity contribution is -0.132. The van der Waals surface area contributed by atoms with Crippen LogP contribution < -0.4 is 10.2 Å². The van der Waals surface area contributed by atoms with Crippen molar-refractivity contribution in [3.05, 3.63) is 53.3 Å². The van der Waals surface area contributed by atoms with Gasteiger partial charge in [0.15, 0.2) is 0 Å². The molecule has 1 fully saturated rings. The maximum atomic E-state index is 12.8. The molecular weight excluding hydrogens is 366 g/mol. The highest BCUT2D eigenvalue weighted by molar-refractivity contribution is 6.30. The van der Waals surface area contributed by atoms with Crippen LogP contribution in [0.5, 0.6) is 0 Å². The van der Waals surface area contributed by atoms with Crippen molar-refractivity contribution in [1.29, 1.82) is 0 Å². The van der Waals surface area contributed by atoms with Crippen LogP contribution in [0.4, 0.5) is 5.95 Å². The second-order valence-electron chi connectivity index (χ2n) is 6.43. The predicted molar refractivity (Wildman–Crippen MR) is 103 cm³/mol. The molecular formula is C19H22ClN5O2. The Morgan fingerprint density at radius 3 is 2.33 bits per heavy atom. The number of hydrogen-bond acceptors (Lipinski definition) is 5. The number of carbonyl (C=O) groups is 2. The zero-order valence-corrected chi connectivity index (χ0v) is 15.9. The van der Waals surface area contributed by atoms with Gasteiger partial charge in [-0.2, -0.15) is 0 Å². The Bertz CT molecular complexity index is 776. The Hall–Kier alpha value is -2.67. The molecule has 142 valence electrons. The van der Waals surface area contributed by atoms with E-state index in [0.717, 1.165) is 5.56 Å². The maximum absolute atomic E-state index is 12.8. The van der Waals surface area contributed by atoms with Gasteiger partial charge in [0.2, 0.25) is 17.8 Å². The van der Waals surface area contributed by atoms with Gasteiger partial charge in [-0.15, -0.1) is 0 Å². The smallest absolute Gasteiger partial charge is 0.225 e. The number of nitrogens with zero attached hydrogens (tertiary/aromatic N) is 4. The summed E-state index contributed by atoms with van der Waals surface area (Å²) in [5.74, 6) is 0.521. The highest BCUT2D eigenvalue weighted by atomic mass is 35.5. The van der Waals surface area contributed by atoms with Crippen LogP contribution in [0.15, 0.2) is 42.7 Å². The molecule has 0 bridgehead atoms. The Morgan fingerprint density at radius 1 is 1.11 bits per heavy atom. The van der Waals surface area contributed by atoms with Gasteiger partial charge < -0.3 is 15.1 Å². The van der Waals surface area contributed by atoms with Crippen molar-refractivity contribution in [3.8, 4) is 0 Å². The quantitative estimate of drug-likeness (QED) is 0.849. The van der Waals surface area contributed by atoms with Gasteiger partial charge in [0.25, 0.3) is 0 Å². The zero-order valence-electron chi connectivity index (χ0n) is 15.1. The topological polar surface area (TPSA) is 78.4 Å². The fourth-order valence-electron chi connectivity index (χ4n) is 3.11. The standard InChI is InChI=1S/C19H22ClN5O2/c1-14(26)23-17(15-3-5-16(20)6-4-15)13-18(27)24-9-11-25(12-10-24)19-21-7-2-8-22-19/h2-8,17H,9-13H2,1H3,(H,23,26). The molecule has 0 spiro atoms. The first-order valence-corrected chi connectivity index (χ1v) is 9.23. The molecule has 1 aliphatic rings. The van der Waals surface area contributed by atoms with E-state index < -0.39 is 0 Å². The van der Waals surface area contributed by atoms with E-state index in [1.165, 1.54) is 6.92 Å². The maximum Gasteiger partial charge on any atom is 0.225 e. The van der Waals surface area contributed by atoms with Crippen LogP contribution in [0.3, 0.4) is 0 Å². The number of benzene rings is 1. The van der Waals surface area contributed by atoms with E-state index in [-0.39, 0.29) is 24.3 Å². The molecule has 1 saturated heterocycles. The molecule has 27 heavy (non-hydrogen) atoms. The fourth-order valence-corrected chi connectivity index (χ4v) is 3.23. The summed E-state index contributed by atoms with van der Waals surface area (Å²) in [7, 11) is 0. The molecule has 1 atom stereocenters. The highest BCUT2D eigenvalue weighted by Gasteiger charge is 2.25. The van der Waals surface area contributed by atoms with E-state index in [4.69, 9.17) is 11.6 Å². The van der Waals surface area contributed by atoms with E-state index >= 15 is 0 Å². The van der Waals surface area contributed by atoms with Crippen molar-refractivity contribution in [1.82, 2.24) is 20.2 Å². The van der Waals surface area contributed by atoms with Crippen LogP contribution in [0, 0.1) is 0 Å². The number of halogens is 1. The largest absolute Gasteiger partial charge is 0.349 e. The first-order valence-electron chi connectivity index (χ1n) is 8.85.